The maximum atomic E-state index is 4.69. The molecule has 4 aromatic rings. The molecule has 1 aliphatic heterocycles. The highest BCUT2D eigenvalue weighted by molar-refractivity contribution is 5.76. The minimum absolute atomic E-state index is 0.463. The molecule has 140 valence electrons. The lowest BCUT2D eigenvalue weighted by Crippen LogP contribution is -2.34. The number of benzene rings is 1. The molecule has 0 bridgehead atoms. The van der Waals surface area contributed by atoms with Gasteiger partial charge in [-0.2, -0.15) is 5.10 Å². The second-order valence-electron chi connectivity index (χ2n) is 7.46. The van der Waals surface area contributed by atoms with Gasteiger partial charge in [-0.3, -0.25) is 9.88 Å². The van der Waals surface area contributed by atoms with Crippen LogP contribution in [0.4, 0.5) is 0 Å². The lowest BCUT2D eigenvalue weighted by molar-refractivity contribution is 0.197. The molecule has 0 spiro atoms. The molecule has 0 saturated carbocycles. The number of rotatable bonds is 4. The van der Waals surface area contributed by atoms with Crippen molar-refractivity contribution < 1.29 is 0 Å². The largest absolute Gasteiger partial charge is 0.298 e. The van der Waals surface area contributed by atoms with Crippen LogP contribution in [0.2, 0.25) is 0 Å². The molecule has 3 aromatic heterocycles. The topological polar surface area (TPSA) is 46.3 Å². The van der Waals surface area contributed by atoms with Gasteiger partial charge in [0.1, 0.15) is 0 Å². The van der Waals surface area contributed by atoms with Crippen LogP contribution >= 0.6 is 0 Å². The Hall–Kier alpha value is -3.05. The smallest absolute Gasteiger partial charge is 0.163 e. The van der Waals surface area contributed by atoms with Gasteiger partial charge in [-0.25, -0.2) is 9.50 Å². The van der Waals surface area contributed by atoms with Crippen molar-refractivity contribution in [1.29, 1.82) is 0 Å². The molecule has 1 aromatic carbocycles. The second kappa shape index (κ2) is 7.52. The number of fused-ring (bicyclic) bond motifs is 1. The van der Waals surface area contributed by atoms with E-state index in [2.05, 4.69) is 62.4 Å². The first kappa shape index (κ1) is 17.1. The SMILES string of the molecule is c1ccc(CN2CCCC(c3ccnc4c(-c5cccnc5)cnn34)C2)cc1. The number of hydrogen-bond acceptors (Lipinski definition) is 4. The van der Waals surface area contributed by atoms with Crippen LogP contribution in [0.5, 0.6) is 0 Å². The molecule has 5 nitrogen and oxygen atoms in total. The molecular weight excluding hydrogens is 346 g/mol. The van der Waals surface area contributed by atoms with Gasteiger partial charge in [0, 0.05) is 48.7 Å². The molecule has 1 atom stereocenters. The summed E-state index contributed by atoms with van der Waals surface area (Å²) in [5.74, 6) is 0.463. The number of likely N-dealkylation sites (tertiary alicyclic amines) is 1. The van der Waals surface area contributed by atoms with Gasteiger partial charge < -0.3 is 0 Å². The van der Waals surface area contributed by atoms with Crippen LogP contribution in [0.25, 0.3) is 16.8 Å². The summed E-state index contributed by atoms with van der Waals surface area (Å²) >= 11 is 0. The number of pyridine rings is 1. The van der Waals surface area contributed by atoms with Crippen LogP contribution < -0.4 is 0 Å². The molecule has 5 rings (SSSR count). The maximum absolute atomic E-state index is 4.69. The monoisotopic (exact) mass is 369 g/mol. The average molecular weight is 369 g/mol. The number of nitrogens with zero attached hydrogens (tertiary/aromatic N) is 5. The van der Waals surface area contributed by atoms with Crippen molar-refractivity contribution in [3.63, 3.8) is 0 Å². The normalized spacial score (nSPS) is 17.8. The van der Waals surface area contributed by atoms with E-state index in [1.165, 1.54) is 24.1 Å². The van der Waals surface area contributed by atoms with Crippen LogP contribution in [0.15, 0.2) is 73.3 Å². The molecule has 0 aliphatic carbocycles. The molecule has 0 amide bonds. The van der Waals surface area contributed by atoms with Crippen molar-refractivity contribution in [1.82, 2.24) is 24.5 Å². The molecular formula is C23H23N5. The van der Waals surface area contributed by atoms with E-state index in [0.29, 0.717) is 5.92 Å². The molecule has 0 N–H and O–H groups in total. The summed E-state index contributed by atoms with van der Waals surface area (Å²) in [5.41, 5.74) is 5.62. The van der Waals surface area contributed by atoms with Gasteiger partial charge in [0.2, 0.25) is 0 Å². The number of piperidine rings is 1. The van der Waals surface area contributed by atoms with Crippen molar-refractivity contribution in [2.75, 3.05) is 13.1 Å². The fourth-order valence-corrected chi connectivity index (χ4v) is 4.23. The van der Waals surface area contributed by atoms with Crippen LogP contribution in [0, 0.1) is 0 Å². The summed E-state index contributed by atoms with van der Waals surface area (Å²) in [5, 5.41) is 4.69. The molecule has 1 saturated heterocycles. The zero-order valence-electron chi connectivity index (χ0n) is 15.8. The Morgan fingerprint density at radius 2 is 1.89 bits per heavy atom. The molecule has 0 radical (unpaired) electrons. The Morgan fingerprint density at radius 3 is 2.75 bits per heavy atom. The average Bonchev–Trinajstić information content (AvgIpc) is 3.20. The highest BCUT2D eigenvalue weighted by Gasteiger charge is 2.24. The first-order valence-corrected chi connectivity index (χ1v) is 9.88. The Labute approximate surface area is 164 Å². The van der Waals surface area contributed by atoms with Gasteiger partial charge >= 0.3 is 0 Å². The second-order valence-corrected chi connectivity index (χ2v) is 7.46. The standard InChI is InChI=1S/C23H23N5/c1-2-6-18(7-3-1)16-27-13-5-9-20(17-27)22-10-12-25-23-21(15-26-28(22)23)19-8-4-11-24-14-19/h1-4,6-8,10-12,14-15,20H,5,9,13,16-17H2. The first-order valence-electron chi connectivity index (χ1n) is 9.88. The van der Waals surface area contributed by atoms with E-state index < -0.39 is 0 Å². The Kier molecular flexibility index (Phi) is 4.59. The lowest BCUT2D eigenvalue weighted by atomic mass is 9.94. The van der Waals surface area contributed by atoms with E-state index in [-0.39, 0.29) is 0 Å². The van der Waals surface area contributed by atoms with E-state index in [0.717, 1.165) is 36.4 Å². The fraction of sp³-hybridized carbons (Fsp3) is 0.261. The third-order valence-electron chi connectivity index (χ3n) is 5.58. The third kappa shape index (κ3) is 3.29. The van der Waals surface area contributed by atoms with Gasteiger partial charge in [-0.05, 0) is 37.1 Å². The minimum atomic E-state index is 0.463. The van der Waals surface area contributed by atoms with Gasteiger partial charge in [-0.1, -0.05) is 36.4 Å². The van der Waals surface area contributed by atoms with Gasteiger partial charge in [0.25, 0.3) is 0 Å². The summed E-state index contributed by atoms with van der Waals surface area (Å²) < 4.78 is 2.03. The maximum Gasteiger partial charge on any atom is 0.163 e. The predicted molar refractivity (Wildman–Crippen MR) is 110 cm³/mol. The molecule has 1 aliphatic rings. The van der Waals surface area contributed by atoms with Crippen LogP contribution in [-0.4, -0.2) is 37.6 Å². The number of hydrogen-bond donors (Lipinski definition) is 0. The van der Waals surface area contributed by atoms with Crippen molar-refractivity contribution >= 4 is 5.65 Å². The van der Waals surface area contributed by atoms with Crippen LogP contribution in [0.3, 0.4) is 0 Å². The summed E-state index contributed by atoms with van der Waals surface area (Å²) in [4.78, 5) is 11.4. The van der Waals surface area contributed by atoms with Crippen molar-refractivity contribution in [2.24, 2.45) is 0 Å². The van der Waals surface area contributed by atoms with Crippen molar-refractivity contribution in [2.45, 2.75) is 25.3 Å². The summed E-state index contributed by atoms with van der Waals surface area (Å²) in [7, 11) is 0. The Balaban J connectivity index is 1.43. The highest BCUT2D eigenvalue weighted by Crippen LogP contribution is 2.30. The molecule has 1 fully saturated rings. The van der Waals surface area contributed by atoms with Gasteiger partial charge in [0.05, 0.1) is 11.9 Å². The Bertz CT molecular complexity index is 1060. The van der Waals surface area contributed by atoms with E-state index in [4.69, 9.17) is 0 Å². The van der Waals surface area contributed by atoms with E-state index in [1.807, 2.05) is 29.2 Å². The number of aromatic nitrogens is 4. The van der Waals surface area contributed by atoms with Crippen molar-refractivity contribution in [3.8, 4) is 11.1 Å². The van der Waals surface area contributed by atoms with E-state index >= 15 is 0 Å². The predicted octanol–water partition coefficient (Wildman–Crippen LogP) is 4.17. The van der Waals surface area contributed by atoms with E-state index in [9.17, 15) is 0 Å². The van der Waals surface area contributed by atoms with Crippen LogP contribution in [0.1, 0.15) is 30.0 Å². The summed E-state index contributed by atoms with van der Waals surface area (Å²) in [6.45, 7) is 3.21. The third-order valence-corrected chi connectivity index (χ3v) is 5.58. The fourth-order valence-electron chi connectivity index (χ4n) is 4.23. The Morgan fingerprint density at radius 1 is 0.964 bits per heavy atom. The van der Waals surface area contributed by atoms with Gasteiger partial charge in [0.15, 0.2) is 5.65 Å². The molecule has 5 heteroatoms. The zero-order valence-corrected chi connectivity index (χ0v) is 15.8. The summed E-state index contributed by atoms with van der Waals surface area (Å²) in [6, 6.07) is 16.9. The van der Waals surface area contributed by atoms with E-state index in [1.54, 1.807) is 6.20 Å². The van der Waals surface area contributed by atoms with Gasteiger partial charge in [-0.15, -0.1) is 0 Å². The highest BCUT2D eigenvalue weighted by atomic mass is 15.3. The first-order chi connectivity index (χ1) is 13.9. The molecule has 28 heavy (non-hydrogen) atoms. The summed E-state index contributed by atoms with van der Waals surface area (Å²) in [6.07, 6.45) is 9.88. The van der Waals surface area contributed by atoms with Crippen LogP contribution in [-0.2, 0) is 6.54 Å². The molecule has 1 unspecified atom stereocenters. The van der Waals surface area contributed by atoms with Crippen molar-refractivity contribution in [3.05, 3.63) is 84.6 Å². The minimum Gasteiger partial charge on any atom is -0.298 e. The lowest BCUT2D eigenvalue weighted by Gasteiger charge is -2.33. The quantitative estimate of drug-likeness (QED) is 0.542. The molecule has 4 heterocycles. The zero-order chi connectivity index (χ0) is 18.8.